The van der Waals surface area contributed by atoms with Gasteiger partial charge in [0.25, 0.3) is 0 Å². The third-order valence-electron chi connectivity index (χ3n) is 2.45. The quantitative estimate of drug-likeness (QED) is 0.647. The van der Waals surface area contributed by atoms with E-state index in [2.05, 4.69) is 21.9 Å². The highest BCUT2D eigenvalue weighted by Crippen LogP contribution is 2.23. The molecule has 1 fully saturated rings. The molecule has 12 heavy (non-hydrogen) atoms. The van der Waals surface area contributed by atoms with Crippen LogP contribution in [0, 0.1) is 4.77 Å². The second-order valence-corrected chi connectivity index (χ2v) is 3.85. The van der Waals surface area contributed by atoms with Crippen molar-refractivity contribution >= 4 is 12.2 Å². The molecule has 66 valence electrons. The van der Waals surface area contributed by atoms with E-state index in [-0.39, 0.29) is 0 Å². The first-order valence-corrected chi connectivity index (χ1v) is 4.62. The normalized spacial score (nSPS) is 24.9. The van der Waals surface area contributed by atoms with Crippen LogP contribution in [0.15, 0.2) is 6.20 Å². The van der Waals surface area contributed by atoms with Crippen LogP contribution in [0.5, 0.6) is 0 Å². The molecule has 1 aromatic rings. The van der Waals surface area contributed by atoms with Gasteiger partial charge in [0.1, 0.15) is 0 Å². The molecule has 1 unspecified atom stereocenters. The fraction of sp³-hybridized carbons (Fsp3) is 0.625. The third kappa shape index (κ3) is 1.44. The van der Waals surface area contributed by atoms with Crippen molar-refractivity contribution in [2.75, 3.05) is 20.1 Å². The number of aromatic amines is 2. The summed E-state index contributed by atoms with van der Waals surface area (Å²) >= 11 is 4.97. The van der Waals surface area contributed by atoms with Crippen molar-refractivity contribution in [3.8, 4) is 0 Å². The van der Waals surface area contributed by atoms with Gasteiger partial charge in [-0.15, -0.1) is 0 Å². The van der Waals surface area contributed by atoms with Gasteiger partial charge in [0, 0.05) is 24.4 Å². The predicted octanol–water partition coefficient (Wildman–Crippen LogP) is 1.49. The monoisotopic (exact) mass is 183 g/mol. The van der Waals surface area contributed by atoms with Crippen molar-refractivity contribution in [2.24, 2.45) is 0 Å². The molecule has 2 heterocycles. The van der Waals surface area contributed by atoms with Crippen molar-refractivity contribution in [1.29, 1.82) is 0 Å². The van der Waals surface area contributed by atoms with Gasteiger partial charge in [0.2, 0.25) is 0 Å². The van der Waals surface area contributed by atoms with Crippen molar-refractivity contribution in [3.05, 3.63) is 16.7 Å². The Morgan fingerprint density at radius 2 is 2.50 bits per heavy atom. The molecule has 0 amide bonds. The van der Waals surface area contributed by atoms with Gasteiger partial charge in [-0.3, -0.25) is 0 Å². The van der Waals surface area contributed by atoms with Gasteiger partial charge in [-0.2, -0.15) is 0 Å². The molecule has 0 bridgehead atoms. The molecule has 3 nitrogen and oxygen atoms in total. The van der Waals surface area contributed by atoms with Crippen LogP contribution in [-0.4, -0.2) is 35.0 Å². The fourth-order valence-electron chi connectivity index (χ4n) is 1.76. The molecule has 0 radical (unpaired) electrons. The molecule has 2 rings (SSSR count). The minimum atomic E-state index is 0.642. The zero-order valence-corrected chi connectivity index (χ0v) is 7.95. The number of imidazole rings is 1. The summed E-state index contributed by atoms with van der Waals surface area (Å²) in [6.45, 7) is 2.33. The van der Waals surface area contributed by atoms with Gasteiger partial charge < -0.3 is 14.9 Å². The number of hydrogen-bond donors (Lipinski definition) is 2. The van der Waals surface area contributed by atoms with Gasteiger partial charge in [0.15, 0.2) is 4.77 Å². The Morgan fingerprint density at radius 1 is 1.67 bits per heavy atom. The Morgan fingerprint density at radius 3 is 3.00 bits per heavy atom. The van der Waals surface area contributed by atoms with E-state index >= 15 is 0 Å². The van der Waals surface area contributed by atoms with E-state index < -0.39 is 0 Å². The predicted molar refractivity (Wildman–Crippen MR) is 50.8 cm³/mol. The summed E-state index contributed by atoms with van der Waals surface area (Å²) in [7, 11) is 2.15. The average molecular weight is 183 g/mol. The molecule has 2 N–H and O–H groups in total. The van der Waals surface area contributed by atoms with E-state index in [1.807, 2.05) is 6.20 Å². The van der Waals surface area contributed by atoms with E-state index in [0.29, 0.717) is 5.92 Å². The fourth-order valence-corrected chi connectivity index (χ4v) is 1.93. The lowest BCUT2D eigenvalue weighted by molar-refractivity contribution is 0.411. The van der Waals surface area contributed by atoms with E-state index in [0.717, 1.165) is 11.3 Å². The molecule has 1 atom stereocenters. The molecule has 4 heteroatoms. The van der Waals surface area contributed by atoms with Crippen molar-refractivity contribution < 1.29 is 0 Å². The van der Waals surface area contributed by atoms with Crippen molar-refractivity contribution in [3.63, 3.8) is 0 Å². The van der Waals surface area contributed by atoms with Crippen LogP contribution in [0.4, 0.5) is 0 Å². The lowest BCUT2D eigenvalue weighted by Gasteiger charge is -2.07. The second kappa shape index (κ2) is 3.03. The Bertz CT molecular complexity index is 314. The Labute approximate surface area is 76.8 Å². The maximum Gasteiger partial charge on any atom is 0.174 e. The summed E-state index contributed by atoms with van der Waals surface area (Å²) in [6, 6.07) is 0. The van der Waals surface area contributed by atoms with Gasteiger partial charge >= 0.3 is 0 Å². The average Bonchev–Trinajstić information content (AvgIpc) is 2.58. The molecule has 1 saturated heterocycles. The summed E-state index contributed by atoms with van der Waals surface area (Å²) in [5, 5.41) is 0. The zero-order valence-electron chi connectivity index (χ0n) is 7.13. The maximum absolute atomic E-state index is 4.97. The Balaban J connectivity index is 2.16. The Kier molecular flexibility index (Phi) is 2.02. The van der Waals surface area contributed by atoms with Crippen LogP contribution in [-0.2, 0) is 0 Å². The second-order valence-electron chi connectivity index (χ2n) is 3.45. The third-order valence-corrected chi connectivity index (χ3v) is 2.67. The molecular formula is C8H13N3S. The number of likely N-dealkylation sites (N-methyl/N-ethyl adjacent to an activating group) is 1. The van der Waals surface area contributed by atoms with Crippen molar-refractivity contribution in [2.45, 2.75) is 12.3 Å². The highest BCUT2D eigenvalue weighted by Gasteiger charge is 2.21. The van der Waals surface area contributed by atoms with Crippen LogP contribution in [0.3, 0.4) is 0 Å². The van der Waals surface area contributed by atoms with Crippen LogP contribution in [0.25, 0.3) is 0 Å². The molecule has 0 saturated carbocycles. The van der Waals surface area contributed by atoms with E-state index in [4.69, 9.17) is 12.2 Å². The van der Waals surface area contributed by atoms with Crippen LogP contribution in [0.1, 0.15) is 18.0 Å². The van der Waals surface area contributed by atoms with E-state index in [9.17, 15) is 0 Å². The minimum absolute atomic E-state index is 0.642. The smallest absolute Gasteiger partial charge is 0.174 e. The number of hydrogen-bond acceptors (Lipinski definition) is 2. The van der Waals surface area contributed by atoms with E-state index in [1.165, 1.54) is 18.7 Å². The van der Waals surface area contributed by atoms with Crippen LogP contribution in [0.2, 0.25) is 0 Å². The number of H-pyrrole nitrogens is 2. The maximum atomic E-state index is 4.97. The summed E-state index contributed by atoms with van der Waals surface area (Å²) in [6.07, 6.45) is 3.23. The number of aromatic nitrogens is 2. The molecule has 0 aliphatic carbocycles. The first-order valence-electron chi connectivity index (χ1n) is 4.22. The summed E-state index contributed by atoms with van der Waals surface area (Å²) in [5.74, 6) is 0.642. The number of nitrogens with one attached hydrogen (secondary N) is 2. The molecule has 0 aromatic carbocycles. The van der Waals surface area contributed by atoms with Gasteiger partial charge in [-0.1, -0.05) is 0 Å². The molecule has 0 spiro atoms. The highest BCUT2D eigenvalue weighted by atomic mass is 32.1. The number of nitrogens with zero attached hydrogens (tertiary/aromatic N) is 1. The summed E-state index contributed by atoms with van der Waals surface area (Å²) < 4.78 is 0.736. The first kappa shape index (κ1) is 8.01. The number of rotatable bonds is 1. The first-order chi connectivity index (χ1) is 5.75. The molecule has 1 aliphatic heterocycles. The summed E-state index contributed by atoms with van der Waals surface area (Å²) in [4.78, 5) is 8.51. The van der Waals surface area contributed by atoms with Gasteiger partial charge in [-0.05, 0) is 32.2 Å². The molecular weight excluding hydrogens is 170 g/mol. The number of likely N-dealkylation sites (tertiary alicyclic amines) is 1. The molecule has 1 aliphatic rings. The zero-order chi connectivity index (χ0) is 8.55. The Hall–Kier alpha value is -0.610. The van der Waals surface area contributed by atoms with Gasteiger partial charge in [-0.25, -0.2) is 0 Å². The minimum Gasteiger partial charge on any atom is -0.337 e. The topological polar surface area (TPSA) is 34.8 Å². The van der Waals surface area contributed by atoms with Crippen LogP contribution >= 0.6 is 12.2 Å². The lowest BCUT2D eigenvalue weighted by atomic mass is 10.1. The lowest BCUT2D eigenvalue weighted by Crippen LogP contribution is -2.13. The van der Waals surface area contributed by atoms with Crippen LogP contribution < -0.4 is 0 Å². The highest BCUT2D eigenvalue weighted by molar-refractivity contribution is 7.71. The van der Waals surface area contributed by atoms with Gasteiger partial charge in [0.05, 0.1) is 0 Å². The summed E-state index contributed by atoms with van der Waals surface area (Å²) in [5.41, 5.74) is 1.25. The largest absolute Gasteiger partial charge is 0.337 e. The van der Waals surface area contributed by atoms with Crippen molar-refractivity contribution in [1.82, 2.24) is 14.9 Å². The molecule has 1 aromatic heterocycles. The van der Waals surface area contributed by atoms with E-state index in [1.54, 1.807) is 0 Å². The SMILES string of the molecule is CN1CCC(c2c[nH]c(=S)[nH]2)C1. The standard InChI is InChI=1S/C8H13N3S/c1-11-3-2-6(5-11)7-4-9-8(12)10-7/h4,6H,2-3,5H2,1H3,(H2,9,10,12).